The van der Waals surface area contributed by atoms with Crippen molar-refractivity contribution in [1.29, 1.82) is 0 Å². The van der Waals surface area contributed by atoms with Crippen molar-refractivity contribution in [3.05, 3.63) is 71.8 Å². The Morgan fingerprint density at radius 2 is 1.33 bits per heavy atom. The molecule has 0 aliphatic heterocycles. The van der Waals surface area contributed by atoms with Crippen molar-refractivity contribution >= 4 is 5.78 Å². The number of rotatable bonds is 10. The topological polar surface area (TPSA) is 20.3 Å². The highest BCUT2D eigenvalue weighted by Gasteiger charge is 2.27. The van der Waals surface area contributed by atoms with E-state index in [1.54, 1.807) is 0 Å². The maximum atomic E-state index is 13.3. The van der Waals surface area contributed by atoms with Crippen molar-refractivity contribution < 1.29 is 4.79 Å². The Morgan fingerprint density at radius 3 is 1.83 bits per heavy atom. The maximum absolute atomic E-state index is 13.3. The first-order valence-electron chi connectivity index (χ1n) is 9.16. The van der Waals surface area contributed by atoms with Gasteiger partial charge in [0.15, 0.2) is 5.78 Å². The molecule has 2 aromatic carbocycles. The lowest BCUT2D eigenvalue weighted by Gasteiger charge is -2.31. The highest BCUT2D eigenvalue weighted by atomic mass is 16.1. The lowest BCUT2D eigenvalue weighted by molar-refractivity contribution is 0.0810. The lowest BCUT2D eigenvalue weighted by Crippen LogP contribution is -2.36. The minimum atomic E-state index is -0.188. The summed E-state index contributed by atoms with van der Waals surface area (Å²) in [5, 5.41) is 0. The Morgan fingerprint density at radius 1 is 0.833 bits per heavy atom. The average molecular weight is 323 g/mol. The third-order valence-electron chi connectivity index (χ3n) is 4.38. The van der Waals surface area contributed by atoms with Crippen molar-refractivity contribution in [2.24, 2.45) is 0 Å². The van der Waals surface area contributed by atoms with Gasteiger partial charge in [-0.1, -0.05) is 87.4 Å². The summed E-state index contributed by atoms with van der Waals surface area (Å²) in [6.45, 7) is 6.34. The van der Waals surface area contributed by atoms with Gasteiger partial charge < -0.3 is 0 Å². The summed E-state index contributed by atoms with van der Waals surface area (Å²) in [6, 6.07) is 19.7. The van der Waals surface area contributed by atoms with E-state index in [1.807, 2.05) is 48.5 Å². The monoisotopic (exact) mass is 323 g/mol. The van der Waals surface area contributed by atoms with E-state index in [4.69, 9.17) is 0 Å². The molecule has 0 radical (unpaired) electrons. The van der Waals surface area contributed by atoms with Crippen LogP contribution in [0.5, 0.6) is 0 Å². The highest BCUT2D eigenvalue weighted by Crippen LogP contribution is 2.26. The highest BCUT2D eigenvalue weighted by molar-refractivity contribution is 6.00. The third kappa shape index (κ3) is 5.04. The van der Waals surface area contributed by atoms with Gasteiger partial charge in [-0.25, -0.2) is 0 Å². The molecule has 24 heavy (non-hydrogen) atoms. The molecule has 0 saturated carbocycles. The molecule has 0 spiro atoms. The van der Waals surface area contributed by atoms with E-state index in [2.05, 4.69) is 30.9 Å². The number of ketones is 1. The fraction of sp³-hybridized carbons (Fsp3) is 0.409. The zero-order valence-electron chi connectivity index (χ0n) is 14.9. The van der Waals surface area contributed by atoms with Crippen LogP contribution in [0.1, 0.15) is 61.5 Å². The number of hydrogen-bond donors (Lipinski definition) is 0. The van der Waals surface area contributed by atoms with Crippen LogP contribution < -0.4 is 0 Å². The molecule has 0 amide bonds. The van der Waals surface area contributed by atoms with Crippen LogP contribution in [0.3, 0.4) is 0 Å². The maximum Gasteiger partial charge on any atom is 0.184 e. The molecular formula is C22H29NO. The van der Waals surface area contributed by atoms with Crippen molar-refractivity contribution in [3.8, 4) is 0 Å². The smallest absolute Gasteiger partial charge is 0.184 e. The molecule has 0 aromatic heterocycles. The quantitative estimate of drug-likeness (QED) is 0.537. The van der Waals surface area contributed by atoms with Gasteiger partial charge >= 0.3 is 0 Å². The molecular weight excluding hydrogens is 294 g/mol. The number of nitrogens with zero attached hydrogens (tertiary/aromatic N) is 1. The fourth-order valence-electron chi connectivity index (χ4n) is 3.02. The second kappa shape index (κ2) is 10.0. The van der Waals surface area contributed by atoms with Gasteiger partial charge in [0, 0.05) is 5.56 Å². The van der Waals surface area contributed by atoms with Crippen LogP contribution in [0.2, 0.25) is 0 Å². The van der Waals surface area contributed by atoms with Crippen LogP contribution in [-0.2, 0) is 0 Å². The van der Waals surface area contributed by atoms with Crippen LogP contribution in [0.25, 0.3) is 0 Å². The molecule has 0 saturated heterocycles. The van der Waals surface area contributed by atoms with Crippen LogP contribution in [0.15, 0.2) is 60.7 Å². The molecule has 2 rings (SSSR count). The summed E-state index contributed by atoms with van der Waals surface area (Å²) >= 11 is 0. The molecule has 0 unspecified atom stereocenters. The standard InChI is InChI=1S/C22H29NO/c1-3-5-17-23(18-6-4-2)21(19-13-9-7-10-14-19)22(24)20-15-11-8-12-16-20/h7-16,21H,3-6,17-18H2,1-2H3/t21-/m1/s1. The van der Waals surface area contributed by atoms with E-state index in [1.165, 1.54) is 0 Å². The zero-order chi connectivity index (χ0) is 17.2. The number of carbonyl (C=O) groups is 1. The summed E-state index contributed by atoms with van der Waals surface area (Å²) in [6.07, 6.45) is 4.53. The van der Waals surface area contributed by atoms with E-state index >= 15 is 0 Å². The average Bonchev–Trinajstić information content (AvgIpc) is 2.65. The van der Waals surface area contributed by atoms with Gasteiger partial charge in [0.05, 0.1) is 6.04 Å². The molecule has 2 heteroatoms. The van der Waals surface area contributed by atoms with Gasteiger partial charge in [-0.05, 0) is 31.5 Å². The Bertz CT molecular complexity index is 586. The molecule has 2 nitrogen and oxygen atoms in total. The largest absolute Gasteiger partial charge is 0.292 e. The van der Waals surface area contributed by atoms with Gasteiger partial charge in [0.2, 0.25) is 0 Å². The first-order chi connectivity index (χ1) is 11.8. The van der Waals surface area contributed by atoms with Gasteiger partial charge in [-0.2, -0.15) is 0 Å². The summed E-state index contributed by atoms with van der Waals surface area (Å²) in [7, 11) is 0. The van der Waals surface area contributed by atoms with Crippen LogP contribution in [0.4, 0.5) is 0 Å². The summed E-state index contributed by atoms with van der Waals surface area (Å²) in [5.74, 6) is 0.203. The van der Waals surface area contributed by atoms with Crippen molar-refractivity contribution in [3.63, 3.8) is 0 Å². The van der Waals surface area contributed by atoms with E-state index in [9.17, 15) is 4.79 Å². The first kappa shape index (κ1) is 18.4. The van der Waals surface area contributed by atoms with Crippen LogP contribution >= 0.6 is 0 Å². The zero-order valence-corrected chi connectivity index (χ0v) is 14.9. The third-order valence-corrected chi connectivity index (χ3v) is 4.38. The lowest BCUT2D eigenvalue weighted by atomic mass is 9.95. The Labute approximate surface area is 146 Å². The van der Waals surface area contributed by atoms with Gasteiger partial charge in [0.25, 0.3) is 0 Å². The number of unbranched alkanes of at least 4 members (excludes halogenated alkanes) is 2. The van der Waals surface area contributed by atoms with E-state index in [0.717, 1.165) is 49.9 Å². The summed E-state index contributed by atoms with van der Waals surface area (Å²) in [5.41, 5.74) is 1.89. The second-order valence-electron chi connectivity index (χ2n) is 6.29. The molecule has 0 aliphatic rings. The Hall–Kier alpha value is -1.93. The summed E-state index contributed by atoms with van der Waals surface area (Å²) in [4.78, 5) is 15.6. The summed E-state index contributed by atoms with van der Waals surface area (Å²) < 4.78 is 0. The number of hydrogen-bond acceptors (Lipinski definition) is 2. The van der Waals surface area contributed by atoms with E-state index in [0.29, 0.717) is 0 Å². The van der Waals surface area contributed by atoms with Gasteiger partial charge in [0.1, 0.15) is 0 Å². The molecule has 0 fully saturated rings. The molecule has 0 N–H and O–H groups in total. The molecule has 128 valence electrons. The minimum absolute atomic E-state index is 0.188. The fourth-order valence-corrected chi connectivity index (χ4v) is 3.02. The van der Waals surface area contributed by atoms with E-state index < -0.39 is 0 Å². The first-order valence-corrected chi connectivity index (χ1v) is 9.16. The van der Waals surface area contributed by atoms with Crippen molar-refractivity contribution in [1.82, 2.24) is 4.90 Å². The van der Waals surface area contributed by atoms with Gasteiger partial charge in [-0.3, -0.25) is 9.69 Å². The van der Waals surface area contributed by atoms with Gasteiger partial charge in [-0.15, -0.1) is 0 Å². The Kier molecular flexibility index (Phi) is 7.70. The predicted octanol–water partition coefficient (Wildman–Crippen LogP) is 5.51. The number of carbonyl (C=O) groups excluding carboxylic acids is 1. The van der Waals surface area contributed by atoms with Crippen molar-refractivity contribution in [2.45, 2.75) is 45.6 Å². The van der Waals surface area contributed by atoms with Crippen LogP contribution in [-0.4, -0.2) is 23.8 Å². The van der Waals surface area contributed by atoms with Crippen LogP contribution in [0, 0.1) is 0 Å². The molecule has 0 heterocycles. The minimum Gasteiger partial charge on any atom is -0.292 e. The Balaban J connectivity index is 2.34. The van der Waals surface area contributed by atoms with Crippen molar-refractivity contribution in [2.75, 3.05) is 13.1 Å². The normalized spacial score (nSPS) is 12.3. The van der Waals surface area contributed by atoms with E-state index in [-0.39, 0.29) is 11.8 Å². The molecule has 2 aromatic rings. The molecule has 0 aliphatic carbocycles. The number of Topliss-reactive ketones (excluding diaryl/α,β-unsaturated/α-hetero) is 1. The molecule has 0 bridgehead atoms. The second-order valence-corrected chi connectivity index (χ2v) is 6.29. The SMILES string of the molecule is CCCCN(CCCC)[C@@H](C(=O)c1ccccc1)c1ccccc1. The molecule has 1 atom stereocenters. The predicted molar refractivity (Wildman–Crippen MR) is 101 cm³/mol. The number of benzene rings is 2.